The first kappa shape index (κ1) is 15.3. The Kier molecular flexibility index (Phi) is 5.86. The first-order chi connectivity index (χ1) is 9.66. The number of amides is 2. The number of rotatable bonds is 5. The fraction of sp³-hybridized carbons (Fsp3) is 0.667. The van der Waals surface area contributed by atoms with Gasteiger partial charge in [0.05, 0.1) is 0 Å². The van der Waals surface area contributed by atoms with Gasteiger partial charge in [-0.25, -0.2) is 4.79 Å². The monoisotopic (exact) mass is 296 g/mol. The predicted octanol–water partition coefficient (Wildman–Crippen LogP) is 2.97. The number of ether oxygens (including phenoxy) is 1. The fourth-order valence-corrected chi connectivity index (χ4v) is 3.30. The maximum Gasteiger partial charge on any atom is 0.315 e. The highest BCUT2D eigenvalue weighted by atomic mass is 32.1. The zero-order valence-electron chi connectivity index (χ0n) is 12.2. The Morgan fingerprint density at radius 3 is 2.85 bits per heavy atom. The molecule has 2 heterocycles. The molecule has 0 unspecified atom stereocenters. The van der Waals surface area contributed by atoms with Gasteiger partial charge in [0.15, 0.2) is 0 Å². The largest absolute Gasteiger partial charge is 0.381 e. The number of hydrogen-bond acceptors (Lipinski definition) is 3. The van der Waals surface area contributed by atoms with Gasteiger partial charge in [0, 0.05) is 36.6 Å². The summed E-state index contributed by atoms with van der Waals surface area (Å²) in [6, 6.07) is 4.30. The SMILES string of the molecule is C[C@@H](CNC(=O)N[C@H](C)C1CCOCC1)c1cccs1. The molecule has 1 saturated heterocycles. The molecule has 1 aliphatic heterocycles. The molecular formula is C15H24N2O2S. The zero-order chi connectivity index (χ0) is 14.4. The van der Waals surface area contributed by atoms with Crippen molar-refractivity contribution in [3.63, 3.8) is 0 Å². The summed E-state index contributed by atoms with van der Waals surface area (Å²) in [7, 11) is 0. The number of urea groups is 1. The van der Waals surface area contributed by atoms with Gasteiger partial charge in [-0.2, -0.15) is 0 Å². The van der Waals surface area contributed by atoms with Crippen molar-refractivity contribution in [2.45, 2.75) is 38.6 Å². The van der Waals surface area contributed by atoms with Gasteiger partial charge in [-0.15, -0.1) is 11.3 Å². The van der Waals surface area contributed by atoms with E-state index in [1.54, 1.807) is 11.3 Å². The van der Waals surface area contributed by atoms with Crippen molar-refractivity contribution < 1.29 is 9.53 Å². The van der Waals surface area contributed by atoms with E-state index in [9.17, 15) is 4.79 Å². The number of thiophene rings is 1. The molecule has 0 radical (unpaired) electrons. The molecule has 1 aromatic rings. The minimum absolute atomic E-state index is 0.0626. The van der Waals surface area contributed by atoms with E-state index in [0.717, 1.165) is 26.1 Å². The topological polar surface area (TPSA) is 50.4 Å². The van der Waals surface area contributed by atoms with Gasteiger partial charge in [0.1, 0.15) is 0 Å². The van der Waals surface area contributed by atoms with Crippen LogP contribution in [0.3, 0.4) is 0 Å². The molecule has 2 atom stereocenters. The van der Waals surface area contributed by atoms with E-state index in [2.05, 4.69) is 35.9 Å². The van der Waals surface area contributed by atoms with Crippen molar-refractivity contribution in [1.82, 2.24) is 10.6 Å². The molecule has 0 aliphatic carbocycles. The lowest BCUT2D eigenvalue weighted by Gasteiger charge is -2.28. The molecule has 1 aliphatic rings. The van der Waals surface area contributed by atoms with Crippen molar-refractivity contribution in [3.8, 4) is 0 Å². The van der Waals surface area contributed by atoms with Crippen LogP contribution in [0.5, 0.6) is 0 Å². The molecule has 0 spiro atoms. The highest BCUT2D eigenvalue weighted by Gasteiger charge is 2.21. The standard InChI is InChI=1S/C15H24N2O2S/c1-11(14-4-3-9-20-14)10-16-15(18)17-12(2)13-5-7-19-8-6-13/h3-4,9,11-13H,5-8,10H2,1-2H3,(H2,16,17,18)/t11-,12+/m0/s1. The van der Waals surface area contributed by atoms with Crippen LogP contribution >= 0.6 is 11.3 Å². The van der Waals surface area contributed by atoms with Gasteiger partial charge >= 0.3 is 6.03 Å². The predicted molar refractivity (Wildman–Crippen MR) is 82.3 cm³/mol. The van der Waals surface area contributed by atoms with Gasteiger partial charge in [-0.05, 0) is 37.1 Å². The summed E-state index contributed by atoms with van der Waals surface area (Å²) in [6.45, 7) is 6.51. The molecule has 112 valence electrons. The molecule has 1 aromatic heterocycles. The van der Waals surface area contributed by atoms with E-state index in [0.29, 0.717) is 18.4 Å². The third kappa shape index (κ3) is 4.49. The van der Waals surface area contributed by atoms with Crippen LogP contribution in [0.15, 0.2) is 17.5 Å². The summed E-state index contributed by atoms with van der Waals surface area (Å²) >= 11 is 1.73. The van der Waals surface area contributed by atoms with E-state index in [4.69, 9.17) is 4.74 Å². The van der Waals surface area contributed by atoms with Crippen LogP contribution in [0.25, 0.3) is 0 Å². The second-order valence-corrected chi connectivity index (χ2v) is 6.49. The quantitative estimate of drug-likeness (QED) is 0.877. The Morgan fingerprint density at radius 1 is 1.45 bits per heavy atom. The van der Waals surface area contributed by atoms with Crippen LogP contribution in [-0.2, 0) is 4.74 Å². The highest BCUT2D eigenvalue weighted by Crippen LogP contribution is 2.20. The van der Waals surface area contributed by atoms with E-state index in [1.807, 2.05) is 6.07 Å². The number of hydrogen-bond donors (Lipinski definition) is 2. The summed E-state index contributed by atoms with van der Waals surface area (Å²) in [5.41, 5.74) is 0. The van der Waals surface area contributed by atoms with Crippen LogP contribution in [0.1, 0.15) is 37.5 Å². The summed E-state index contributed by atoms with van der Waals surface area (Å²) in [4.78, 5) is 13.2. The maximum atomic E-state index is 11.9. The van der Waals surface area contributed by atoms with Crippen molar-refractivity contribution in [2.75, 3.05) is 19.8 Å². The normalized spacial score (nSPS) is 19.3. The molecule has 0 aromatic carbocycles. The lowest BCUT2D eigenvalue weighted by atomic mass is 9.93. The molecule has 2 rings (SSSR count). The van der Waals surface area contributed by atoms with Crippen molar-refractivity contribution in [3.05, 3.63) is 22.4 Å². The average molecular weight is 296 g/mol. The Bertz CT molecular complexity index is 402. The van der Waals surface area contributed by atoms with Crippen LogP contribution in [-0.4, -0.2) is 31.8 Å². The van der Waals surface area contributed by atoms with E-state index < -0.39 is 0 Å². The number of carbonyl (C=O) groups is 1. The van der Waals surface area contributed by atoms with Crippen molar-refractivity contribution in [1.29, 1.82) is 0 Å². The van der Waals surface area contributed by atoms with E-state index >= 15 is 0 Å². The smallest absolute Gasteiger partial charge is 0.315 e. The lowest BCUT2D eigenvalue weighted by Crippen LogP contribution is -2.46. The minimum atomic E-state index is -0.0626. The van der Waals surface area contributed by atoms with Crippen molar-refractivity contribution >= 4 is 17.4 Å². The molecule has 2 N–H and O–H groups in total. The third-order valence-corrected chi connectivity index (χ3v) is 5.03. The maximum absolute atomic E-state index is 11.9. The first-order valence-corrected chi connectivity index (χ1v) is 8.20. The summed E-state index contributed by atoms with van der Waals surface area (Å²) in [5.74, 6) is 0.892. The first-order valence-electron chi connectivity index (χ1n) is 7.32. The van der Waals surface area contributed by atoms with Crippen LogP contribution in [0.2, 0.25) is 0 Å². The molecule has 20 heavy (non-hydrogen) atoms. The molecule has 1 fully saturated rings. The molecule has 2 amide bonds. The number of nitrogens with one attached hydrogen (secondary N) is 2. The van der Waals surface area contributed by atoms with Crippen LogP contribution in [0.4, 0.5) is 4.79 Å². The molecular weight excluding hydrogens is 272 g/mol. The summed E-state index contributed by atoms with van der Waals surface area (Å²) in [6.07, 6.45) is 2.07. The molecule has 5 heteroatoms. The van der Waals surface area contributed by atoms with Gasteiger partial charge < -0.3 is 15.4 Å². The Balaban J connectivity index is 1.69. The van der Waals surface area contributed by atoms with Gasteiger partial charge in [-0.1, -0.05) is 13.0 Å². The van der Waals surface area contributed by atoms with Gasteiger partial charge in [-0.3, -0.25) is 0 Å². The second-order valence-electron chi connectivity index (χ2n) is 5.51. The van der Waals surface area contributed by atoms with E-state index in [-0.39, 0.29) is 12.1 Å². The Labute approximate surface area is 124 Å². The van der Waals surface area contributed by atoms with Gasteiger partial charge in [0.25, 0.3) is 0 Å². The Morgan fingerprint density at radius 2 is 2.20 bits per heavy atom. The molecule has 0 bridgehead atoms. The number of carbonyl (C=O) groups excluding carboxylic acids is 1. The van der Waals surface area contributed by atoms with Gasteiger partial charge in [0.2, 0.25) is 0 Å². The molecule has 0 saturated carbocycles. The van der Waals surface area contributed by atoms with Crippen molar-refractivity contribution in [2.24, 2.45) is 5.92 Å². The summed E-state index contributed by atoms with van der Waals surface area (Å²) in [5, 5.41) is 8.08. The summed E-state index contributed by atoms with van der Waals surface area (Å²) < 4.78 is 5.35. The average Bonchev–Trinajstić information content (AvgIpc) is 3.00. The second kappa shape index (κ2) is 7.64. The third-order valence-electron chi connectivity index (χ3n) is 3.93. The van der Waals surface area contributed by atoms with E-state index in [1.165, 1.54) is 4.88 Å². The highest BCUT2D eigenvalue weighted by molar-refractivity contribution is 7.10. The van der Waals surface area contributed by atoms with Crippen LogP contribution < -0.4 is 10.6 Å². The fourth-order valence-electron chi connectivity index (χ4n) is 2.51. The lowest BCUT2D eigenvalue weighted by molar-refractivity contribution is 0.0571. The Hall–Kier alpha value is -1.07. The minimum Gasteiger partial charge on any atom is -0.381 e. The van der Waals surface area contributed by atoms with Crippen LogP contribution in [0, 0.1) is 5.92 Å². The zero-order valence-corrected chi connectivity index (χ0v) is 13.0. The molecule has 4 nitrogen and oxygen atoms in total.